The molecule has 0 saturated carbocycles. The molecule has 1 heterocycles. The maximum atomic E-state index is 15.3. The Morgan fingerprint density at radius 3 is 2.15 bits per heavy atom. The van der Waals surface area contributed by atoms with E-state index in [0.29, 0.717) is 13.1 Å². The number of anilines is 1. The lowest BCUT2D eigenvalue weighted by Crippen LogP contribution is -2.53. The third-order valence-electron chi connectivity index (χ3n) is 8.06. The van der Waals surface area contributed by atoms with Crippen molar-refractivity contribution in [1.29, 1.82) is 0 Å². The molecule has 0 spiro atoms. The second-order valence-electron chi connectivity index (χ2n) is 11.1. The quantitative estimate of drug-likeness (QED) is 0.176. The first-order valence-electron chi connectivity index (χ1n) is 14.9. The Hall–Kier alpha value is -4.72. The summed E-state index contributed by atoms with van der Waals surface area (Å²) >= 11 is 0. The summed E-state index contributed by atoms with van der Waals surface area (Å²) in [7, 11) is -3.83. The zero-order chi connectivity index (χ0) is 33.6. The maximum Gasteiger partial charge on any atom is 0.405 e. The summed E-state index contributed by atoms with van der Waals surface area (Å²) in [6, 6.07) is 20.3. The third kappa shape index (κ3) is 7.99. The molecule has 0 aromatic heterocycles. The van der Waals surface area contributed by atoms with Crippen molar-refractivity contribution >= 4 is 27.7 Å². The average Bonchev–Trinajstić information content (AvgIpc) is 3.04. The highest BCUT2D eigenvalue weighted by molar-refractivity contribution is 7.89. The molecule has 0 unspecified atom stereocenters. The van der Waals surface area contributed by atoms with E-state index < -0.39 is 57.5 Å². The van der Waals surface area contributed by atoms with Crippen LogP contribution in [0.2, 0.25) is 0 Å². The number of carboxylic acid groups (broad SMARTS) is 1. The van der Waals surface area contributed by atoms with Crippen molar-refractivity contribution in [2.75, 3.05) is 25.0 Å². The first-order chi connectivity index (χ1) is 22.5. The highest BCUT2D eigenvalue weighted by Gasteiger charge is 2.35. The van der Waals surface area contributed by atoms with E-state index in [4.69, 9.17) is 0 Å². The molecule has 1 fully saturated rings. The minimum Gasteiger partial charge on any atom is -0.465 e. The van der Waals surface area contributed by atoms with Gasteiger partial charge in [-0.05, 0) is 72.5 Å². The Labute approximate surface area is 270 Å². The number of hydrogen-bond donors (Lipinski definition) is 4. The molecule has 2 atom stereocenters. The van der Waals surface area contributed by atoms with Crippen molar-refractivity contribution in [1.82, 2.24) is 14.9 Å². The summed E-state index contributed by atoms with van der Waals surface area (Å²) in [4.78, 5) is 25.9. The summed E-state index contributed by atoms with van der Waals surface area (Å²) in [6.45, 7) is 0.988. The largest absolute Gasteiger partial charge is 0.465 e. The van der Waals surface area contributed by atoms with Gasteiger partial charge in [-0.1, -0.05) is 48.5 Å². The van der Waals surface area contributed by atoms with Crippen LogP contribution in [0.3, 0.4) is 0 Å². The predicted octanol–water partition coefficient (Wildman–Crippen LogP) is 5.11. The molecule has 5 rings (SSSR count). The molecule has 2 amide bonds. The molecule has 4 aromatic rings. The van der Waals surface area contributed by atoms with Gasteiger partial charge in [-0.3, -0.25) is 4.79 Å². The number of carbonyl (C=O) groups excluding carboxylic acids is 1. The van der Waals surface area contributed by atoms with Crippen LogP contribution in [0.4, 0.5) is 23.7 Å². The summed E-state index contributed by atoms with van der Waals surface area (Å²) in [5.74, 6) is -4.01. The lowest BCUT2D eigenvalue weighted by atomic mass is 9.84. The molecule has 1 aliphatic heterocycles. The Morgan fingerprint density at radius 1 is 0.894 bits per heavy atom. The lowest BCUT2D eigenvalue weighted by molar-refractivity contribution is -0.118. The van der Waals surface area contributed by atoms with Crippen molar-refractivity contribution in [3.63, 3.8) is 0 Å². The molecule has 0 aliphatic carbocycles. The van der Waals surface area contributed by atoms with E-state index in [1.165, 1.54) is 71.0 Å². The Morgan fingerprint density at radius 2 is 1.53 bits per heavy atom. The normalized spacial score (nSPS) is 16.0. The van der Waals surface area contributed by atoms with Crippen LogP contribution in [-0.4, -0.2) is 61.5 Å². The molecule has 47 heavy (non-hydrogen) atoms. The van der Waals surface area contributed by atoms with Crippen molar-refractivity contribution in [2.45, 2.75) is 35.7 Å². The van der Waals surface area contributed by atoms with E-state index in [1.807, 2.05) is 0 Å². The molecule has 13 heteroatoms. The van der Waals surface area contributed by atoms with Gasteiger partial charge in [0.05, 0.1) is 4.90 Å². The van der Waals surface area contributed by atoms with Crippen LogP contribution in [0.1, 0.15) is 29.0 Å². The fourth-order valence-electron chi connectivity index (χ4n) is 5.89. The van der Waals surface area contributed by atoms with Crippen LogP contribution in [0.5, 0.6) is 0 Å². The van der Waals surface area contributed by atoms with E-state index in [2.05, 4.69) is 16.0 Å². The second kappa shape index (κ2) is 14.8. The number of nitrogens with zero attached hydrogens (tertiary/aromatic N) is 1. The van der Waals surface area contributed by atoms with Crippen LogP contribution >= 0.6 is 0 Å². The Bertz CT molecular complexity index is 1800. The number of amides is 2. The summed E-state index contributed by atoms with van der Waals surface area (Å²) < 4.78 is 72.3. The van der Waals surface area contributed by atoms with Gasteiger partial charge in [0.25, 0.3) is 0 Å². The summed E-state index contributed by atoms with van der Waals surface area (Å²) in [5, 5.41) is 17.7. The van der Waals surface area contributed by atoms with Gasteiger partial charge in [-0.25, -0.2) is 26.4 Å². The zero-order valence-corrected chi connectivity index (χ0v) is 25.9. The number of sulfonamides is 1. The summed E-state index contributed by atoms with van der Waals surface area (Å²) in [6.07, 6.45) is -1.33. The number of rotatable bonds is 11. The molecule has 246 valence electrons. The van der Waals surface area contributed by atoms with E-state index in [9.17, 15) is 31.9 Å². The van der Waals surface area contributed by atoms with Gasteiger partial charge in [-0.15, -0.1) is 0 Å². The molecule has 4 aromatic carbocycles. The van der Waals surface area contributed by atoms with Crippen LogP contribution in [0, 0.1) is 17.5 Å². The Balaban J connectivity index is 1.43. The van der Waals surface area contributed by atoms with Gasteiger partial charge in [0.2, 0.25) is 15.9 Å². The minimum atomic E-state index is -3.83. The topological polar surface area (TPSA) is 128 Å². The van der Waals surface area contributed by atoms with Crippen LogP contribution in [0.15, 0.2) is 102 Å². The molecule has 1 saturated heterocycles. The predicted molar refractivity (Wildman–Crippen MR) is 170 cm³/mol. The average molecular weight is 667 g/mol. The fraction of sp³-hybridized carbons (Fsp3) is 0.235. The number of carbonyl (C=O) groups is 2. The number of piperazine rings is 1. The van der Waals surface area contributed by atoms with Crippen molar-refractivity contribution in [2.24, 2.45) is 0 Å². The van der Waals surface area contributed by atoms with E-state index in [0.717, 1.165) is 12.1 Å². The molecule has 0 bridgehead atoms. The van der Waals surface area contributed by atoms with Crippen LogP contribution < -0.4 is 16.0 Å². The van der Waals surface area contributed by atoms with Gasteiger partial charge in [0, 0.05) is 42.8 Å². The van der Waals surface area contributed by atoms with Gasteiger partial charge in [0.15, 0.2) is 0 Å². The number of benzene rings is 4. The monoisotopic (exact) mass is 666 g/mol. The maximum absolute atomic E-state index is 15.3. The smallest absolute Gasteiger partial charge is 0.405 e. The molecule has 4 N–H and O–H groups in total. The van der Waals surface area contributed by atoms with Gasteiger partial charge >= 0.3 is 6.09 Å². The lowest BCUT2D eigenvalue weighted by Gasteiger charge is -2.35. The van der Waals surface area contributed by atoms with Crippen LogP contribution in [0.25, 0.3) is 0 Å². The van der Waals surface area contributed by atoms with Crippen molar-refractivity contribution in [3.05, 3.63) is 131 Å². The third-order valence-corrected chi connectivity index (χ3v) is 10.0. The highest BCUT2D eigenvalue weighted by atomic mass is 32.2. The first kappa shape index (κ1) is 33.6. The van der Waals surface area contributed by atoms with Gasteiger partial charge in [-0.2, -0.15) is 4.31 Å². The standard InChI is InChI=1S/C34H33F3N4O5S/c35-24-9-4-7-22(19-24)31(23-8-5-10-25(36)20-23)32(40-34(43)44)33(42)39-30-14-6-13-29(37)28(30)16-15-26-21-38-17-18-41(26)47(45,46)27-11-2-1-3-12-27/h1-14,19-20,26,31-32,38,40H,15-18,21H2,(H,39,42)(H,43,44)/t26-,32-/m0/s1. The molecular weight excluding hydrogens is 633 g/mol. The second-order valence-corrected chi connectivity index (χ2v) is 13.0. The highest BCUT2D eigenvalue weighted by Crippen LogP contribution is 2.31. The summed E-state index contributed by atoms with van der Waals surface area (Å²) in [5.41, 5.74) is 0.540. The number of hydrogen-bond acceptors (Lipinski definition) is 5. The van der Waals surface area contributed by atoms with Gasteiger partial charge in [0.1, 0.15) is 23.5 Å². The first-order valence-corrected chi connectivity index (χ1v) is 16.3. The van der Waals surface area contributed by atoms with E-state index in [1.54, 1.807) is 18.2 Å². The van der Waals surface area contributed by atoms with E-state index in [-0.39, 0.29) is 46.7 Å². The molecule has 1 aliphatic rings. The molecule has 0 radical (unpaired) electrons. The SMILES string of the molecule is O=C(O)N[C@H](C(=O)Nc1cccc(F)c1CC[C@H]1CNCCN1S(=O)(=O)c1ccccc1)C(c1cccc(F)c1)c1cccc(F)c1. The van der Waals surface area contributed by atoms with Crippen molar-refractivity contribution in [3.8, 4) is 0 Å². The number of halogens is 3. The van der Waals surface area contributed by atoms with Crippen LogP contribution in [-0.2, 0) is 21.2 Å². The Kier molecular flexibility index (Phi) is 10.6. The molecule has 9 nitrogen and oxygen atoms in total. The minimum absolute atomic E-state index is 0.0314. The van der Waals surface area contributed by atoms with E-state index >= 15 is 4.39 Å². The fourth-order valence-corrected chi connectivity index (χ4v) is 7.57. The number of nitrogens with one attached hydrogen (secondary N) is 3. The molecular formula is C34H33F3N4O5S. The van der Waals surface area contributed by atoms with Gasteiger partial charge < -0.3 is 21.1 Å². The zero-order valence-electron chi connectivity index (χ0n) is 25.1. The van der Waals surface area contributed by atoms with Crippen molar-refractivity contribution < 1.29 is 36.3 Å².